The van der Waals surface area contributed by atoms with Crippen molar-refractivity contribution in [2.24, 2.45) is 0 Å². The molecule has 0 aliphatic carbocycles. The van der Waals surface area contributed by atoms with E-state index < -0.39 is 22.7 Å². The van der Waals surface area contributed by atoms with Gasteiger partial charge in [0.1, 0.15) is 22.9 Å². The van der Waals surface area contributed by atoms with Crippen molar-refractivity contribution in [2.45, 2.75) is 26.6 Å². The van der Waals surface area contributed by atoms with Gasteiger partial charge in [0.25, 0.3) is 0 Å². The number of carbonyl (C=O) groups excluding carboxylic acids is 2. The summed E-state index contributed by atoms with van der Waals surface area (Å²) in [6.45, 7) is 3.92. The lowest BCUT2D eigenvalue weighted by atomic mass is 10.1. The van der Waals surface area contributed by atoms with Crippen molar-refractivity contribution in [1.29, 1.82) is 0 Å². The van der Waals surface area contributed by atoms with E-state index in [1.54, 1.807) is 61.9 Å². The van der Waals surface area contributed by atoms with Crippen LogP contribution in [0.4, 0.5) is 13.2 Å². The number of nitrogens with zero attached hydrogens (tertiary/aromatic N) is 1. The Balaban J connectivity index is 0.000000240. The summed E-state index contributed by atoms with van der Waals surface area (Å²) in [6, 6.07) is 13.7. The Bertz CT molecular complexity index is 1900. The number of hydrogen-bond acceptors (Lipinski definition) is 6. The zero-order chi connectivity index (χ0) is 33.8. The first-order valence-electron chi connectivity index (χ1n) is 13.7. The van der Waals surface area contributed by atoms with Crippen LogP contribution in [-0.4, -0.2) is 48.9 Å². The lowest BCUT2D eigenvalue weighted by Gasteiger charge is -2.14. The predicted octanol–water partition coefficient (Wildman–Crippen LogP) is 9.21. The molecule has 0 amide bonds. The number of aromatic nitrogens is 2. The number of carbonyl (C=O) groups is 2. The van der Waals surface area contributed by atoms with Gasteiger partial charge in [-0.25, -0.2) is 9.59 Å². The molecule has 2 aromatic heterocycles. The molecule has 0 spiro atoms. The van der Waals surface area contributed by atoms with Crippen LogP contribution < -0.4 is 9.47 Å². The first-order valence-corrected chi connectivity index (χ1v) is 14.9. The van der Waals surface area contributed by atoms with Gasteiger partial charge in [0, 0.05) is 22.8 Å². The van der Waals surface area contributed by atoms with Gasteiger partial charge in [-0.05, 0) is 67.9 Å². The zero-order valence-corrected chi connectivity index (χ0v) is 27.2. The molecule has 3 aromatic carbocycles. The van der Waals surface area contributed by atoms with Gasteiger partial charge in [0.15, 0.2) is 0 Å². The van der Waals surface area contributed by atoms with E-state index in [0.29, 0.717) is 50.3 Å². The van der Waals surface area contributed by atoms with Gasteiger partial charge in [-0.15, -0.1) is 0 Å². The number of nitrogens with one attached hydrogen (secondary N) is 1. The van der Waals surface area contributed by atoms with Crippen molar-refractivity contribution in [2.75, 3.05) is 27.4 Å². The number of halogens is 6. The third-order valence-corrected chi connectivity index (χ3v) is 7.65. The maximum absolute atomic E-state index is 13.2. The average Bonchev–Trinajstić information content (AvgIpc) is 3.58. The number of hydrogen-bond donors (Lipinski definition) is 1. The highest BCUT2D eigenvalue weighted by Gasteiger charge is 2.33. The Kier molecular flexibility index (Phi) is 11.0. The Morgan fingerprint density at radius 1 is 0.783 bits per heavy atom. The number of H-pyrrole nitrogens is 1. The van der Waals surface area contributed by atoms with Crippen LogP contribution in [0.25, 0.3) is 21.8 Å². The lowest BCUT2D eigenvalue weighted by Crippen LogP contribution is -2.13. The van der Waals surface area contributed by atoms with Crippen LogP contribution in [0.1, 0.15) is 46.0 Å². The van der Waals surface area contributed by atoms with Gasteiger partial charge in [-0.2, -0.15) is 13.2 Å². The summed E-state index contributed by atoms with van der Waals surface area (Å²) in [7, 11) is 3.01. The largest absolute Gasteiger partial charge is 0.495 e. The number of methoxy groups -OCH3 is 2. The number of rotatable bonds is 8. The van der Waals surface area contributed by atoms with Crippen LogP contribution >= 0.6 is 34.8 Å². The fourth-order valence-electron chi connectivity index (χ4n) is 4.64. The van der Waals surface area contributed by atoms with E-state index in [1.165, 1.54) is 19.2 Å². The van der Waals surface area contributed by atoms with Crippen molar-refractivity contribution in [3.63, 3.8) is 0 Å². The van der Waals surface area contributed by atoms with Gasteiger partial charge in [0.2, 0.25) is 0 Å². The molecule has 46 heavy (non-hydrogen) atoms. The monoisotopic (exact) mass is 698 g/mol. The highest BCUT2D eigenvalue weighted by molar-refractivity contribution is 6.33. The van der Waals surface area contributed by atoms with E-state index in [1.807, 2.05) is 0 Å². The highest BCUT2D eigenvalue weighted by Crippen LogP contribution is 2.37. The van der Waals surface area contributed by atoms with Crippen LogP contribution in [0.2, 0.25) is 15.1 Å². The number of fused-ring (bicyclic) bond motifs is 2. The SMILES string of the molecule is CCOC(=O)c1cc2cc(OC)c(Cl)cc2[nH]1.CCOC(=O)c1cc2cc(OC)c(Cl)cc2n1Cc1ccc(Cl)c(C(F)(F)F)c1. The van der Waals surface area contributed by atoms with Crippen molar-refractivity contribution in [3.8, 4) is 11.5 Å². The second kappa shape index (κ2) is 14.6. The van der Waals surface area contributed by atoms with Crippen LogP contribution in [0.3, 0.4) is 0 Å². The Morgan fingerprint density at radius 3 is 2.00 bits per heavy atom. The van der Waals surface area contributed by atoms with E-state index in [-0.39, 0.29) is 24.8 Å². The number of esters is 2. The third-order valence-electron chi connectivity index (χ3n) is 6.72. The number of benzene rings is 3. The van der Waals surface area contributed by atoms with Gasteiger partial charge in [-0.3, -0.25) is 0 Å². The molecule has 2 heterocycles. The molecular weight excluding hydrogens is 672 g/mol. The minimum Gasteiger partial charge on any atom is -0.495 e. The summed E-state index contributed by atoms with van der Waals surface area (Å²) < 4.78 is 61.5. The van der Waals surface area contributed by atoms with Crippen LogP contribution in [0.15, 0.2) is 54.6 Å². The highest BCUT2D eigenvalue weighted by atomic mass is 35.5. The van der Waals surface area contributed by atoms with E-state index >= 15 is 0 Å². The van der Waals surface area contributed by atoms with Gasteiger partial charge >= 0.3 is 18.1 Å². The quantitative estimate of drug-likeness (QED) is 0.163. The molecule has 0 radical (unpaired) electrons. The van der Waals surface area contributed by atoms with Gasteiger partial charge in [0.05, 0.1) is 53.6 Å². The molecule has 0 aliphatic heterocycles. The summed E-state index contributed by atoms with van der Waals surface area (Å²) in [5.74, 6) is 0.0220. The van der Waals surface area contributed by atoms with Crippen molar-refractivity contribution >= 4 is 68.5 Å². The molecule has 1 N–H and O–H groups in total. The maximum Gasteiger partial charge on any atom is 0.417 e. The summed E-state index contributed by atoms with van der Waals surface area (Å²) in [6.07, 6.45) is -4.59. The first-order chi connectivity index (χ1) is 21.8. The molecule has 0 fully saturated rings. The number of ether oxygens (including phenoxy) is 4. The van der Waals surface area contributed by atoms with Crippen molar-refractivity contribution in [3.05, 3.63) is 92.2 Å². The Labute approximate surface area is 276 Å². The Morgan fingerprint density at radius 2 is 1.39 bits per heavy atom. The molecule has 0 aliphatic rings. The van der Waals surface area contributed by atoms with E-state index in [9.17, 15) is 22.8 Å². The fourth-order valence-corrected chi connectivity index (χ4v) is 5.34. The predicted molar refractivity (Wildman–Crippen MR) is 171 cm³/mol. The lowest BCUT2D eigenvalue weighted by molar-refractivity contribution is -0.137. The summed E-state index contributed by atoms with van der Waals surface area (Å²) in [5.41, 5.74) is 1.31. The van der Waals surface area contributed by atoms with E-state index in [2.05, 4.69) is 4.98 Å². The maximum atomic E-state index is 13.2. The zero-order valence-electron chi connectivity index (χ0n) is 25.0. The molecular formula is C32H28Cl3F3N2O6. The molecule has 5 rings (SSSR count). The smallest absolute Gasteiger partial charge is 0.417 e. The molecule has 244 valence electrons. The van der Waals surface area contributed by atoms with Gasteiger partial charge in [-0.1, -0.05) is 40.9 Å². The van der Waals surface area contributed by atoms with E-state index in [4.69, 9.17) is 53.8 Å². The van der Waals surface area contributed by atoms with E-state index in [0.717, 1.165) is 17.0 Å². The third kappa shape index (κ3) is 7.66. The number of alkyl halides is 3. The number of aromatic amines is 1. The van der Waals surface area contributed by atoms with Crippen LogP contribution in [0, 0.1) is 0 Å². The first kappa shape index (κ1) is 34.8. The Hall–Kier alpha value is -4.06. The summed E-state index contributed by atoms with van der Waals surface area (Å²) >= 11 is 17.9. The standard InChI is InChI=1S/C20H16Cl2F3NO3.C12H12ClNO3/c1-3-29-19(27)17-7-12-8-18(28-2)15(22)9-16(12)26(17)10-11-4-5-14(21)13(6-11)20(23,24)25;1-3-17-12(15)10-4-7-5-11(16-2)8(13)6-9(7)14-10/h4-9H,3,10H2,1-2H3;4-6,14H,3H2,1-2H3. The molecule has 0 bridgehead atoms. The van der Waals surface area contributed by atoms with Crippen LogP contribution in [0.5, 0.6) is 11.5 Å². The minimum atomic E-state index is -4.59. The second-order valence-corrected chi connectivity index (χ2v) is 10.9. The molecule has 14 heteroatoms. The normalized spacial score (nSPS) is 11.3. The fraction of sp³-hybridized carbons (Fsp3) is 0.250. The van der Waals surface area contributed by atoms with Gasteiger partial charge < -0.3 is 28.5 Å². The second-order valence-electron chi connectivity index (χ2n) is 9.67. The molecule has 5 aromatic rings. The van der Waals surface area contributed by atoms with Crippen molar-refractivity contribution in [1.82, 2.24) is 9.55 Å². The summed E-state index contributed by atoms with van der Waals surface area (Å²) in [5, 5.41) is 1.91. The molecule has 0 saturated carbocycles. The topological polar surface area (TPSA) is 91.8 Å². The van der Waals surface area contributed by atoms with Crippen molar-refractivity contribution < 1.29 is 41.7 Å². The minimum absolute atomic E-state index is 0.0133. The molecule has 0 saturated heterocycles. The molecule has 0 atom stereocenters. The molecule has 8 nitrogen and oxygen atoms in total. The molecule has 0 unspecified atom stereocenters. The average molecular weight is 700 g/mol. The summed E-state index contributed by atoms with van der Waals surface area (Å²) in [4.78, 5) is 26.9. The van der Waals surface area contributed by atoms with Crippen LogP contribution in [-0.2, 0) is 22.2 Å².